The van der Waals surface area contributed by atoms with E-state index in [-0.39, 0.29) is 5.91 Å². The lowest BCUT2D eigenvalue weighted by atomic mass is 10.2. The minimum atomic E-state index is 0.0496. The number of nitrogens with zero attached hydrogens (tertiary/aromatic N) is 1. The Hall–Kier alpha value is -2.53. The lowest BCUT2D eigenvalue weighted by Gasteiger charge is -2.06. The number of hydrogen-bond donors (Lipinski definition) is 1. The van der Waals surface area contributed by atoms with Crippen molar-refractivity contribution < 1.29 is 9.21 Å². The molecule has 0 spiro atoms. The van der Waals surface area contributed by atoms with Crippen LogP contribution < -0.4 is 5.32 Å². The van der Waals surface area contributed by atoms with Crippen molar-refractivity contribution in [2.45, 2.75) is 17.9 Å². The van der Waals surface area contributed by atoms with Gasteiger partial charge in [-0.25, -0.2) is 0 Å². The largest absolute Gasteiger partial charge is 0.463 e. The van der Waals surface area contributed by atoms with Crippen LogP contribution in [0.5, 0.6) is 0 Å². The van der Waals surface area contributed by atoms with Crippen LogP contribution >= 0.6 is 11.8 Å². The van der Waals surface area contributed by atoms with Gasteiger partial charge in [0.1, 0.15) is 5.69 Å². The van der Waals surface area contributed by atoms with Gasteiger partial charge in [-0.1, -0.05) is 24.3 Å². The molecule has 122 valence electrons. The van der Waals surface area contributed by atoms with E-state index < -0.39 is 0 Å². The molecule has 5 heteroatoms. The maximum atomic E-state index is 11.9. The number of carbonyl (C=O) groups is 1. The molecule has 0 bridgehead atoms. The Kier molecular flexibility index (Phi) is 5.69. The quantitative estimate of drug-likeness (QED) is 0.658. The normalized spacial score (nSPS) is 10.5. The van der Waals surface area contributed by atoms with Crippen LogP contribution in [-0.4, -0.2) is 16.6 Å². The minimum absolute atomic E-state index is 0.0496. The van der Waals surface area contributed by atoms with Crippen LogP contribution in [0.2, 0.25) is 0 Å². The van der Waals surface area contributed by atoms with Gasteiger partial charge in [-0.15, -0.1) is 11.8 Å². The highest BCUT2D eigenvalue weighted by Crippen LogP contribution is 2.18. The van der Waals surface area contributed by atoms with E-state index in [4.69, 9.17) is 4.42 Å². The summed E-state index contributed by atoms with van der Waals surface area (Å²) in [6, 6.07) is 17.6. The standard InChI is InChI=1S/C19H18N2O2S/c22-19(10-12-24-16-5-2-1-3-6-16)21-14-15-8-9-17(20-13-15)18-7-4-11-23-18/h1-9,11,13H,10,12,14H2,(H,21,22). The van der Waals surface area contributed by atoms with Crippen LogP contribution in [0.15, 0.2) is 76.4 Å². The number of nitrogens with one attached hydrogen (secondary N) is 1. The van der Waals surface area contributed by atoms with Gasteiger partial charge in [-0.3, -0.25) is 9.78 Å². The monoisotopic (exact) mass is 338 g/mol. The molecule has 0 aliphatic rings. The van der Waals surface area contributed by atoms with Gasteiger partial charge in [0, 0.05) is 29.8 Å². The average molecular weight is 338 g/mol. The molecule has 0 aliphatic carbocycles. The molecule has 3 aromatic rings. The van der Waals surface area contributed by atoms with Gasteiger partial charge in [-0.05, 0) is 35.9 Å². The third-order valence-electron chi connectivity index (χ3n) is 3.43. The summed E-state index contributed by atoms with van der Waals surface area (Å²) in [5.41, 5.74) is 1.75. The van der Waals surface area contributed by atoms with Gasteiger partial charge in [-0.2, -0.15) is 0 Å². The Morgan fingerprint density at radius 3 is 2.67 bits per heavy atom. The first-order chi connectivity index (χ1) is 11.8. The summed E-state index contributed by atoms with van der Waals surface area (Å²) in [5, 5.41) is 2.92. The number of pyridine rings is 1. The van der Waals surface area contributed by atoms with Gasteiger partial charge in [0.25, 0.3) is 0 Å². The first-order valence-corrected chi connectivity index (χ1v) is 8.73. The molecule has 2 heterocycles. The predicted molar refractivity (Wildman–Crippen MR) is 95.6 cm³/mol. The van der Waals surface area contributed by atoms with Crippen LogP contribution in [0.3, 0.4) is 0 Å². The van der Waals surface area contributed by atoms with Crippen molar-refractivity contribution >= 4 is 17.7 Å². The number of aromatic nitrogens is 1. The summed E-state index contributed by atoms with van der Waals surface area (Å²) in [5.74, 6) is 1.56. The number of thioether (sulfide) groups is 1. The second-order valence-electron chi connectivity index (χ2n) is 5.22. The molecular formula is C19H18N2O2S. The molecule has 3 rings (SSSR count). The Balaban J connectivity index is 1.41. The molecule has 4 nitrogen and oxygen atoms in total. The van der Waals surface area contributed by atoms with Gasteiger partial charge in [0.15, 0.2) is 5.76 Å². The zero-order chi connectivity index (χ0) is 16.6. The summed E-state index contributed by atoms with van der Waals surface area (Å²) < 4.78 is 5.30. The molecule has 0 saturated heterocycles. The molecule has 0 unspecified atom stereocenters. The number of benzene rings is 1. The molecule has 0 radical (unpaired) electrons. The first kappa shape index (κ1) is 16.3. The smallest absolute Gasteiger partial charge is 0.221 e. The number of hydrogen-bond acceptors (Lipinski definition) is 4. The van der Waals surface area contributed by atoms with E-state index in [1.54, 1.807) is 24.2 Å². The first-order valence-electron chi connectivity index (χ1n) is 7.74. The van der Waals surface area contributed by atoms with Gasteiger partial charge in [0.05, 0.1) is 6.26 Å². The van der Waals surface area contributed by atoms with Crippen molar-refractivity contribution in [3.8, 4) is 11.5 Å². The lowest BCUT2D eigenvalue weighted by Crippen LogP contribution is -2.23. The maximum Gasteiger partial charge on any atom is 0.221 e. The van der Waals surface area contributed by atoms with E-state index in [0.29, 0.717) is 13.0 Å². The minimum Gasteiger partial charge on any atom is -0.463 e. The molecule has 0 saturated carbocycles. The Morgan fingerprint density at radius 2 is 1.96 bits per heavy atom. The van der Waals surface area contributed by atoms with E-state index in [9.17, 15) is 4.79 Å². The van der Waals surface area contributed by atoms with Gasteiger partial charge >= 0.3 is 0 Å². The molecule has 0 fully saturated rings. The van der Waals surface area contributed by atoms with E-state index in [0.717, 1.165) is 22.8 Å². The number of rotatable bonds is 7. The Bertz CT molecular complexity index is 756. The van der Waals surface area contributed by atoms with Crippen LogP contribution in [0, 0.1) is 0 Å². The highest BCUT2D eigenvalue weighted by Gasteiger charge is 2.04. The fourth-order valence-corrected chi connectivity index (χ4v) is 3.04. The summed E-state index contributed by atoms with van der Waals surface area (Å²) in [4.78, 5) is 17.4. The highest BCUT2D eigenvalue weighted by atomic mass is 32.2. The van der Waals surface area contributed by atoms with Crippen molar-refractivity contribution in [1.29, 1.82) is 0 Å². The lowest BCUT2D eigenvalue weighted by molar-refractivity contribution is -0.120. The Labute approximate surface area is 145 Å². The number of amides is 1. The van der Waals surface area contributed by atoms with E-state index >= 15 is 0 Å². The van der Waals surface area contributed by atoms with Gasteiger partial charge in [0.2, 0.25) is 5.91 Å². The van der Waals surface area contributed by atoms with Crippen LogP contribution in [0.4, 0.5) is 0 Å². The van der Waals surface area contributed by atoms with E-state index in [2.05, 4.69) is 22.4 Å². The summed E-state index contributed by atoms with van der Waals surface area (Å²) >= 11 is 1.69. The third-order valence-corrected chi connectivity index (χ3v) is 4.44. The van der Waals surface area contributed by atoms with Gasteiger partial charge < -0.3 is 9.73 Å². The number of carbonyl (C=O) groups excluding carboxylic acids is 1. The predicted octanol–water partition coefficient (Wildman–Crippen LogP) is 4.14. The molecular weight excluding hydrogens is 320 g/mol. The topological polar surface area (TPSA) is 55.1 Å². The van der Waals surface area contributed by atoms with Crippen LogP contribution in [0.1, 0.15) is 12.0 Å². The summed E-state index contributed by atoms with van der Waals surface area (Å²) in [6.45, 7) is 0.486. The van der Waals surface area contributed by atoms with Crippen molar-refractivity contribution in [2.24, 2.45) is 0 Å². The van der Waals surface area contributed by atoms with E-state index in [1.165, 1.54) is 4.90 Å². The van der Waals surface area contributed by atoms with Crippen molar-refractivity contribution in [2.75, 3.05) is 5.75 Å². The molecule has 0 aliphatic heterocycles. The Morgan fingerprint density at radius 1 is 1.08 bits per heavy atom. The SMILES string of the molecule is O=C(CCSc1ccccc1)NCc1ccc(-c2ccco2)nc1. The molecule has 1 amide bonds. The summed E-state index contributed by atoms with van der Waals surface area (Å²) in [6.07, 6.45) is 3.88. The zero-order valence-electron chi connectivity index (χ0n) is 13.1. The molecule has 2 aromatic heterocycles. The fourth-order valence-electron chi connectivity index (χ4n) is 2.17. The highest BCUT2D eigenvalue weighted by molar-refractivity contribution is 7.99. The third kappa shape index (κ3) is 4.73. The average Bonchev–Trinajstić information content (AvgIpc) is 3.16. The zero-order valence-corrected chi connectivity index (χ0v) is 14.0. The molecule has 0 atom stereocenters. The fraction of sp³-hybridized carbons (Fsp3) is 0.158. The van der Waals surface area contributed by atoms with Crippen molar-refractivity contribution in [3.05, 3.63) is 72.6 Å². The maximum absolute atomic E-state index is 11.9. The van der Waals surface area contributed by atoms with Crippen molar-refractivity contribution in [3.63, 3.8) is 0 Å². The molecule has 1 N–H and O–H groups in total. The van der Waals surface area contributed by atoms with Crippen LogP contribution in [-0.2, 0) is 11.3 Å². The second kappa shape index (κ2) is 8.36. The van der Waals surface area contributed by atoms with E-state index in [1.807, 2.05) is 42.5 Å². The summed E-state index contributed by atoms with van der Waals surface area (Å²) in [7, 11) is 0. The molecule has 24 heavy (non-hydrogen) atoms. The number of furan rings is 1. The van der Waals surface area contributed by atoms with Crippen LogP contribution in [0.25, 0.3) is 11.5 Å². The van der Waals surface area contributed by atoms with Crippen molar-refractivity contribution in [1.82, 2.24) is 10.3 Å². The molecule has 1 aromatic carbocycles. The second-order valence-corrected chi connectivity index (χ2v) is 6.39.